The van der Waals surface area contributed by atoms with Crippen LogP contribution in [0.15, 0.2) is 42.5 Å². The Labute approximate surface area is 201 Å². The zero-order valence-corrected chi connectivity index (χ0v) is 19.6. The van der Waals surface area contributed by atoms with Crippen LogP contribution in [0.1, 0.15) is 50.5 Å². The molecule has 1 N–H and O–H groups in total. The Morgan fingerprint density at radius 2 is 1.71 bits per heavy atom. The molecule has 0 spiro atoms. The van der Waals surface area contributed by atoms with E-state index in [0.29, 0.717) is 38.4 Å². The predicted molar refractivity (Wildman–Crippen MR) is 128 cm³/mol. The molecule has 0 saturated heterocycles. The van der Waals surface area contributed by atoms with E-state index >= 15 is 0 Å². The van der Waals surface area contributed by atoms with Crippen LogP contribution in [0.5, 0.6) is 17.2 Å². The Bertz CT molecular complexity index is 959. The SMILES string of the molecule is O=C(CCCOc1ccc(F)cc1)N[C@H](Cc1ccc2c(c1)OCCO2)CC1C2CCC1CC2. The topological polar surface area (TPSA) is 56.8 Å². The summed E-state index contributed by atoms with van der Waals surface area (Å²) in [7, 11) is 0. The van der Waals surface area contributed by atoms with Crippen LogP contribution in [-0.4, -0.2) is 31.8 Å². The van der Waals surface area contributed by atoms with Crippen molar-refractivity contribution in [2.45, 2.75) is 57.4 Å². The number of halogens is 1. The first-order valence-corrected chi connectivity index (χ1v) is 12.7. The average Bonchev–Trinajstić information content (AvgIpc) is 3.42. The van der Waals surface area contributed by atoms with E-state index in [1.807, 2.05) is 6.07 Å². The minimum absolute atomic E-state index is 0.0654. The van der Waals surface area contributed by atoms with Gasteiger partial charge in [-0.3, -0.25) is 4.79 Å². The molecular weight excluding hydrogens is 433 g/mol. The smallest absolute Gasteiger partial charge is 0.220 e. The van der Waals surface area contributed by atoms with E-state index in [2.05, 4.69) is 17.4 Å². The molecule has 1 amide bonds. The third-order valence-corrected chi connectivity index (χ3v) is 7.67. The van der Waals surface area contributed by atoms with E-state index < -0.39 is 0 Å². The van der Waals surface area contributed by atoms with Gasteiger partial charge in [-0.15, -0.1) is 0 Å². The van der Waals surface area contributed by atoms with Gasteiger partial charge in [0, 0.05) is 12.5 Å². The quantitative estimate of drug-likeness (QED) is 0.481. The standard InChI is InChI=1S/C28H34FNO4/c29-22-8-10-24(11-9-22)32-13-1-2-28(31)30-23(18-25-20-4-5-21(25)7-6-20)16-19-3-12-26-27(17-19)34-15-14-33-26/h3,8-12,17,20-21,23,25H,1-2,4-7,13-16,18H2,(H,30,31)/t20?,21?,23-,25?/m1/s1. The van der Waals surface area contributed by atoms with E-state index in [4.69, 9.17) is 14.2 Å². The lowest BCUT2D eigenvalue weighted by Gasteiger charge is -2.26. The number of hydrogen-bond donors (Lipinski definition) is 1. The first kappa shape index (κ1) is 23.0. The summed E-state index contributed by atoms with van der Waals surface area (Å²) in [5, 5.41) is 3.33. The van der Waals surface area contributed by atoms with Crippen LogP contribution in [0, 0.1) is 23.6 Å². The number of carbonyl (C=O) groups excluding carboxylic acids is 1. The Balaban J connectivity index is 1.17. The van der Waals surface area contributed by atoms with Crippen molar-refractivity contribution in [1.29, 1.82) is 0 Å². The Morgan fingerprint density at radius 1 is 1.00 bits per heavy atom. The van der Waals surface area contributed by atoms with Gasteiger partial charge in [0.05, 0.1) is 6.61 Å². The molecule has 1 aliphatic heterocycles. The molecule has 2 saturated carbocycles. The minimum Gasteiger partial charge on any atom is -0.494 e. The number of nitrogens with one attached hydrogen (secondary N) is 1. The highest BCUT2D eigenvalue weighted by atomic mass is 19.1. The van der Waals surface area contributed by atoms with Crippen molar-refractivity contribution in [3.05, 3.63) is 53.8 Å². The summed E-state index contributed by atoms with van der Waals surface area (Å²) in [5.41, 5.74) is 1.17. The zero-order chi connectivity index (χ0) is 23.3. The molecule has 0 aromatic heterocycles. The van der Waals surface area contributed by atoms with E-state index in [0.717, 1.165) is 42.1 Å². The molecule has 1 atom stereocenters. The van der Waals surface area contributed by atoms with Gasteiger partial charge in [0.2, 0.25) is 5.91 Å². The Kier molecular flexibility index (Phi) is 7.21. The van der Waals surface area contributed by atoms with Gasteiger partial charge in [-0.05, 0) is 105 Å². The third kappa shape index (κ3) is 5.65. The van der Waals surface area contributed by atoms with Gasteiger partial charge >= 0.3 is 0 Å². The van der Waals surface area contributed by atoms with Crippen LogP contribution in [0.3, 0.4) is 0 Å². The lowest BCUT2D eigenvalue weighted by molar-refractivity contribution is -0.122. The second kappa shape index (κ2) is 10.7. The number of benzene rings is 2. The number of fused-ring (bicyclic) bond motifs is 3. The number of amides is 1. The summed E-state index contributed by atoms with van der Waals surface area (Å²) in [4.78, 5) is 12.8. The van der Waals surface area contributed by atoms with Gasteiger partial charge in [0.15, 0.2) is 11.5 Å². The molecule has 2 fully saturated rings. The molecule has 2 aliphatic carbocycles. The summed E-state index contributed by atoms with van der Waals surface area (Å²) >= 11 is 0. The van der Waals surface area contributed by atoms with Gasteiger partial charge < -0.3 is 19.5 Å². The molecule has 6 heteroatoms. The normalized spacial score (nSPS) is 23.5. The largest absolute Gasteiger partial charge is 0.494 e. The molecule has 5 nitrogen and oxygen atoms in total. The summed E-state index contributed by atoms with van der Waals surface area (Å²) in [5.74, 6) is 4.38. The molecule has 0 unspecified atom stereocenters. The van der Waals surface area contributed by atoms with Gasteiger partial charge in [0.25, 0.3) is 0 Å². The summed E-state index contributed by atoms with van der Waals surface area (Å²) < 4.78 is 30.1. The fourth-order valence-corrected chi connectivity index (χ4v) is 6.05. The number of ether oxygens (including phenoxy) is 3. The predicted octanol–water partition coefficient (Wildman–Crippen LogP) is 5.31. The number of carbonyl (C=O) groups is 1. The zero-order valence-electron chi connectivity index (χ0n) is 19.6. The van der Waals surface area contributed by atoms with Crippen molar-refractivity contribution < 1.29 is 23.4 Å². The molecule has 0 radical (unpaired) electrons. The van der Waals surface area contributed by atoms with Gasteiger partial charge in [-0.1, -0.05) is 6.07 Å². The highest BCUT2D eigenvalue weighted by Crippen LogP contribution is 2.51. The minimum atomic E-state index is -0.286. The fraction of sp³-hybridized carbons (Fsp3) is 0.536. The monoisotopic (exact) mass is 467 g/mol. The van der Waals surface area contributed by atoms with Crippen LogP contribution in [0.4, 0.5) is 4.39 Å². The summed E-state index contributed by atoms with van der Waals surface area (Å²) in [6, 6.07) is 12.2. The van der Waals surface area contributed by atoms with E-state index in [9.17, 15) is 9.18 Å². The number of rotatable bonds is 10. The molecule has 1 heterocycles. The van der Waals surface area contributed by atoms with Crippen LogP contribution in [0.25, 0.3) is 0 Å². The second-order valence-electron chi connectivity index (χ2n) is 9.93. The van der Waals surface area contributed by atoms with Crippen LogP contribution in [-0.2, 0) is 11.2 Å². The van der Waals surface area contributed by atoms with Gasteiger partial charge in [-0.2, -0.15) is 0 Å². The molecule has 182 valence electrons. The van der Waals surface area contributed by atoms with Crippen LogP contribution < -0.4 is 19.5 Å². The third-order valence-electron chi connectivity index (χ3n) is 7.67. The van der Waals surface area contributed by atoms with Gasteiger partial charge in [-0.25, -0.2) is 4.39 Å². The Morgan fingerprint density at radius 3 is 2.44 bits per heavy atom. The van der Waals surface area contributed by atoms with E-state index in [-0.39, 0.29) is 17.8 Å². The van der Waals surface area contributed by atoms with Crippen LogP contribution in [0.2, 0.25) is 0 Å². The number of hydrogen-bond acceptors (Lipinski definition) is 4. The van der Waals surface area contributed by atoms with Crippen molar-refractivity contribution in [2.75, 3.05) is 19.8 Å². The van der Waals surface area contributed by atoms with E-state index in [1.54, 1.807) is 12.1 Å². The van der Waals surface area contributed by atoms with Gasteiger partial charge in [0.1, 0.15) is 24.8 Å². The summed E-state index contributed by atoms with van der Waals surface area (Å²) in [6.45, 7) is 1.58. The molecule has 5 rings (SSSR count). The maximum Gasteiger partial charge on any atom is 0.220 e. The van der Waals surface area contributed by atoms with Crippen molar-refractivity contribution in [2.24, 2.45) is 17.8 Å². The highest BCUT2D eigenvalue weighted by molar-refractivity contribution is 5.76. The molecule has 34 heavy (non-hydrogen) atoms. The first-order chi connectivity index (χ1) is 16.6. The lowest BCUT2D eigenvalue weighted by Crippen LogP contribution is -2.38. The fourth-order valence-electron chi connectivity index (χ4n) is 6.05. The lowest BCUT2D eigenvalue weighted by atomic mass is 9.88. The van der Waals surface area contributed by atoms with Crippen molar-refractivity contribution in [3.63, 3.8) is 0 Å². The maximum absolute atomic E-state index is 13.0. The highest BCUT2D eigenvalue weighted by Gasteiger charge is 2.42. The Hall–Kier alpha value is -2.76. The molecule has 2 aromatic carbocycles. The molecule has 2 bridgehead atoms. The van der Waals surface area contributed by atoms with E-state index in [1.165, 1.54) is 43.4 Å². The molecule has 3 aliphatic rings. The second-order valence-corrected chi connectivity index (χ2v) is 9.93. The van der Waals surface area contributed by atoms with Crippen LogP contribution >= 0.6 is 0 Å². The maximum atomic E-state index is 13.0. The van der Waals surface area contributed by atoms with Crippen molar-refractivity contribution >= 4 is 5.91 Å². The molecular formula is C28H34FNO4. The van der Waals surface area contributed by atoms with Crippen molar-refractivity contribution in [3.8, 4) is 17.2 Å². The average molecular weight is 468 g/mol. The summed E-state index contributed by atoms with van der Waals surface area (Å²) in [6.07, 6.45) is 8.26. The molecule has 2 aromatic rings. The first-order valence-electron chi connectivity index (χ1n) is 12.7. The van der Waals surface area contributed by atoms with Crippen molar-refractivity contribution in [1.82, 2.24) is 5.32 Å².